The molecule has 0 saturated carbocycles. The Kier molecular flexibility index (Phi) is 6.82. The van der Waals surface area contributed by atoms with E-state index in [1.165, 1.54) is 0 Å². The Morgan fingerprint density at radius 3 is 2.40 bits per heavy atom. The molecule has 7 heteroatoms. The van der Waals surface area contributed by atoms with Crippen molar-refractivity contribution in [3.05, 3.63) is 48.0 Å². The van der Waals surface area contributed by atoms with Crippen LogP contribution in [0.25, 0.3) is 0 Å². The summed E-state index contributed by atoms with van der Waals surface area (Å²) in [5.41, 5.74) is 3.71. The number of carbonyl (C=O) groups is 2. The first kappa shape index (κ1) is 21.5. The van der Waals surface area contributed by atoms with E-state index in [-0.39, 0.29) is 18.5 Å². The number of amides is 3. The first-order valence-electron chi connectivity index (χ1n) is 10.3. The summed E-state index contributed by atoms with van der Waals surface area (Å²) in [6, 6.07) is 13.2. The molecule has 0 spiro atoms. The molecule has 0 aliphatic carbocycles. The van der Waals surface area contributed by atoms with Crippen molar-refractivity contribution in [3.63, 3.8) is 0 Å². The summed E-state index contributed by atoms with van der Waals surface area (Å²) in [5, 5.41) is 2.94. The van der Waals surface area contributed by atoms with E-state index in [0.717, 1.165) is 41.5 Å². The zero-order chi connectivity index (χ0) is 21.7. The summed E-state index contributed by atoms with van der Waals surface area (Å²) in [4.78, 5) is 30.8. The van der Waals surface area contributed by atoms with Gasteiger partial charge in [0, 0.05) is 43.2 Å². The second-order valence-corrected chi connectivity index (χ2v) is 7.27. The molecule has 30 heavy (non-hydrogen) atoms. The van der Waals surface area contributed by atoms with Gasteiger partial charge in [-0.1, -0.05) is 0 Å². The van der Waals surface area contributed by atoms with Crippen molar-refractivity contribution in [2.24, 2.45) is 0 Å². The van der Waals surface area contributed by atoms with Crippen molar-refractivity contribution in [2.75, 3.05) is 55.0 Å². The van der Waals surface area contributed by atoms with Gasteiger partial charge in [-0.05, 0) is 68.8 Å². The molecule has 3 amide bonds. The van der Waals surface area contributed by atoms with E-state index in [9.17, 15) is 9.59 Å². The van der Waals surface area contributed by atoms with Gasteiger partial charge < -0.3 is 19.9 Å². The molecule has 0 aromatic heterocycles. The molecule has 3 rings (SSSR count). The van der Waals surface area contributed by atoms with Crippen LogP contribution >= 0.6 is 0 Å². The average molecular weight is 411 g/mol. The second kappa shape index (κ2) is 9.52. The number of methoxy groups -OCH3 is 1. The molecule has 2 aromatic rings. The van der Waals surface area contributed by atoms with Crippen LogP contribution in [-0.2, 0) is 4.79 Å². The lowest BCUT2D eigenvalue weighted by Crippen LogP contribution is -2.37. The minimum atomic E-state index is -0.196. The number of hydrogen-bond acceptors (Lipinski definition) is 4. The molecule has 1 N–H and O–H groups in total. The van der Waals surface area contributed by atoms with Gasteiger partial charge in [-0.15, -0.1) is 0 Å². The molecule has 0 bridgehead atoms. The van der Waals surface area contributed by atoms with Crippen molar-refractivity contribution in [3.8, 4) is 5.75 Å². The van der Waals surface area contributed by atoms with Gasteiger partial charge in [-0.2, -0.15) is 0 Å². The summed E-state index contributed by atoms with van der Waals surface area (Å²) >= 11 is 0. The normalized spacial score (nSPS) is 13.5. The van der Waals surface area contributed by atoms with E-state index < -0.39 is 0 Å². The van der Waals surface area contributed by atoms with Crippen LogP contribution in [0, 0.1) is 6.92 Å². The lowest BCUT2D eigenvalue weighted by atomic mass is 10.1. The molecule has 0 radical (unpaired) electrons. The molecular formula is C23H30N4O3. The summed E-state index contributed by atoms with van der Waals surface area (Å²) in [6.45, 7) is 9.19. The quantitative estimate of drug-likeness (QED) is 0.720. The highest BCUT2D eigenvalue weighted by Crippen LogP contribution is 2.24. The number of aryl methyl sites for hydroxylation is 1. The number of rotatable bonds is 8. The largest absolute Gasteiger partial charge is 0.497 e. The van der Waals surface area contributed by atoms with E-state index in [0.29, 0.717) is 13.1 Å². The number of benzene rings is 2. The fraction of sp³-hybridized carbons (Fsp3) is 0.391. The van der Waals surface area contributed by atoms with Crippen LogP contribution in [0.15, 0.2) is 42.5 Å². The zero-order valence-electron chi connectivity index (χ0n) is 18.1. The Morgan fingerprint density at radius 2 is 1.80 bits per heavy atom. The van der Waals surface area contributed by atoms with Crippen LogP contribution in [0.5, 0.6) is 5.75 Å². The Morgan fingerprint density at radius 1 is 1.10 bits per heavy atom. The van der Waals surface area contributed by atoms with Crippen molar-refractivity contribution in [1.82, 2.24) is 4.90 Å². The minimum absolute atomic E-state index is 0.0305. The van der Waals surface area contributed by atoms with Gasteiger partial charge in [0.2, 0.25) is 5.91 Å². The number of ether oxygens (including phenoxy) is 1. The molecule has 1 fully saturated rings. The summed E-state index contributed by atoms with van der Waals surface area (Å²) < 4.78 is 5.16. The first-order chi connectivity index (χ1) is 14.5. The van der Waals surface area contributed by atoms with Crippen molar-refractivity contribution < 1.29 is 14.3 Å². The maximum absolute atomic E-state index is 12.7. The second-order valence-electron chi connectivity index (χ2n) is 7.27. The number of nitrogens with zero attached hydrogens (tertiary/aromatic N) is 3. The van der Waals surface area contributed by atoms with Crippen LogP contribution < -0.4 is 19.9 Å². The molecule has 1 aliphatic rings. The zero-order valence-corrected chi connectivity index (χ0v) is 18.1. The topological polar surface area (TPSA) is 65.1 Å². The van der Waals surface area contributed by atoms with Gasteiger partial charge in [0.15, 0.2) is 0 Å². The van der Waals surface area contributed by atoms with Crippen LogP contribution in [-0.4, -0.2) is 56.7 Å². The van der Waals surface area contributed by atoms with Gasteiger partial charge in [0.1, 0.15) is 12.3 Å². The standard InChI is InChI=1S/C23H30N4O3/c1-5-25(6-2)19-9-12-21(17(3)15-19)24-22(28)16-26-13-14-27(23(26)29)18-7-10-20(30-4)11-8-18/h7-12,15H,5-6,13-14,16H2,1-4H3,(H,24,28). The van der Waals surface area contributed by atoms with E-state index in [2.05, 4.69) is 30.1 Å². The lowest BCUT2D eigenvalue weighted by molar-refractivity contribution is -0.116. The SMILES string of the molecule is CCN(CC)c1ccc(NC(=O)CN2CCN(c3ccc(OC)cc3)C2=O)c(C)c1. The highest BCUT2D eigenvalue weighted by molar-refractivity contribution is 5.99. The lowest BCUT2D eigenvalue weighted by Gasteiger charge is -2.22. The van der Waals surface area contributed by atoms with Crippen molar-refractivity contribution >= 4 is 29.0 Å². The molecule has 1 aliphatic heterocycles. The predicted octanol–water partition coefficient (Wildman–Crippen LogP) is 3.73. The Hall–Kier alpha value is -3.22. The monoisotopic (exact) mass is 410 g/mol. The maximum Gasteiger partial charge on any atom is 0.325 e. The van der Waals surface area contributed by atoms with Crippen LogP contribution in [0.2, 0.25) is 0 Å². The third kappa shape index (κ3) is 4.67. The Labute approximate surface area is 178 Å². The number of anilines is 3. The number of nitrogens with one attached hydrogen (secondary N) is 1. The van der Waals surface area contributed by atoms with Gasteiger partial charge in [-0.25, -0.2) is 4.79 Å². The molecule has 0 unspecified atom stereocenters. The van der Waals surface area contributed by atoms with Crippen LogP contribution in [0.4, 0.5) is 21.9 Å². The van der Waals surface area contributed by atoms with Gasteiger partial charge >= 0.3 is 6.03 Å². The average Bonchev–Trinajstić information content (AvgIpc) is 3.11. The fourth-order valence-electron chi connectivity index (χ4n) is 3.67. The van der Waals surface area contributed by atoms with Gasteiger partial charge in [0.25, 0.3) is 0 Å². The highest BCUT2D eigenvalue weighted by atomic mass is 16.5. The number of carbonyl (C=O) groups excluding carboxylic acids is 2. The van der Waals surface area contributed by atoms with E-state index >= 15 is 0 Å². The maximum atomic E-state index is 12.7. The molecule has 7 nitrogen and oxygen atoms in total. The van der Waals surface area contributed by atoms with E-state index in [4.69, 9.17) is 4.74 Å². The third-order valence-electron chi connectivity index (χ3n) is 5.43. The molecular weight excluding hydrogens is 380 g/mol. The first-order valence-corrected chi connectivity index (χ1v) is 10.3. The summed E-state index contributed by atoms with van der Waals surface area (Å²) in [5.74, 6) is 0.544. The molecule has 2 aromatic carbocycles. The van der Waals surface area contributed by atoms with Crippen LogP contribution in [0.3, 0.4) is 0 Å². The Bertz CT molecular complexity index is 894. The van der Waals surface area contributed by atoms with E-state index in [1.807, 2.05) is 43.3 Å². The minimum Gasteiger partial charge on any atom is -0.497 e. The number of hydrogen-bond donors (Lipinski definition) is 1. The van der Waals surface area contributed by atoms with Gasteiger partial charge in [-0.3, -0.25) is 9.69 Å². The van der Waals surface area contributed by atoms with Crippen molar-refractivity contribution in [2.45, 2.75) is 20.8 Å². The Balaban J connectivity index is 1.60. The number of urea groups is 1. The molecule has 1 saturated heterocycles. The molecule has 160 valence electrons. The predicted molar refractivity (Wildman–Crippen MR) is 121 cm³/mol. The third-order valence-corrected chi connectivity index (χ3v) is 5.43. The van der Waals surface area contributed by atoms with Crippen LogP contribution in [0.1, 0.15) is 19.4 Å². The fourth-order valence-corrected chi connectivity index (χ4v) is 3.67. The van der Waals surface area contributed by atoms with Gasteiger partial charge in [0.05, 0.1) is 7.11 Å². The highest BCUT2D eigenvalue weighted by Gasteiger charge is 2.30. The summed E-state index contributed by atoms with van der Waals surface area (Å²) in [7, 11) is 1.61. The van der Waals surface area contributed by atoms with E-state index in [1.54, 1.807) is 16.9 Å². The van der Waals surface area contributed by atoms with Crippen molar-refractivity contribution in [1.29, 1.82) is 0 Å². The molecule has 0 atom stereocenters. The molecule has 1 heterocycles. The smallest absolute Gasteiger partial charge is 0.325 e. The summed E-state index contributed by atoms with van der Waals surface area (Å²) in [6.07, 6.45) is 0.